The number of nitrogens with one attached hydrogen (secondary N) is 1. The Morgan fingerprint density at radius 1 is 0.710 bits per heavy atom. The van der Waals surface area contributed by atoms with Gasteiger partial charge >= 0.3 is 0 Å². The Bertz CT molecular complexity index is 1120. The van der Waals surface area contributed by atoms with E-state index in [1.807, 2.05) is 42.5 Å². The highest BCUT2D eigenvalue weighted by Crippen LogP contribution is 2.23. The number of hydrogen-bond donors (Lipinski definition) is 1. The van der Waals surface area contributed by atoms with Gasteiger partial charge in [0.1, 0.15) is 0 Å². The first-order chi connectivity index (χ1) is 15.0. The van der Waals surface area contributed by atoms with Gasteiger partial charge in [-0.15, -0.1) is 0 Å². The molecule has 1 saturated heterocycles. The third-order valence-corrected chi connectivity index (χ3v) is 7.48. The Hall–Kier alpha value is -2.96. The van der Waals surface area contributed by atoms with E-state index in [1.165, 1.54) is 0 Å². The molecular formula is C25H26N2O3S. The minimum absolute atomic E-state index is 0.234. The number of hydrogen-bond acceptors (Lipinski definition) is 3. The molecule has 0 spiro atoms. The summed E-state index contributed by atoms with van der Waals surface area (Å²) in [5, 5.41) is 2.84. The number of carbonyl (C=O) groups is 1. The fourth-order valence-electron chi connectivity index (χ4n) is 3.79. The summed E-state index contributed by atoms with van der Waals surface area (Å²) in [7, 11) is -3.49. The van der Waals surface area contributed by atoms with Crippen LogP contribution in [0.4, 0.5) is 5.69 Å². The van der Waals surface area contributed by atoms with Gasteiger partial charge < -0.3 is 5.32 Å². The lowest BCUT2D eigenvalue weighted by atomic mass is 10.0. The van der Waals surface area contributed by atoms with Crippen molar-refractivity contribution in [2.75, 3.05) is 18.4 Å². The molecule has 31 heavy (non-hydrogen) atoms. The lowest BCUT2D eigenvalue weighted by Gasteiger charge is -2.20. The number of nitrogens with zero attached hydrogens (tertiary/aromatic N) is 1. The smallest absolute Gasteiger partial charge is 0.255 e. The van der Waals surface area contributed by atoms with Gasteiger partial charge in [-0.25, -0.2) is 8.42 Å². The molecule has 3 aromatic rings. The van der Waals surface area contributed by atoms with E-state index >= 15 is 0 Å². The molecule has 6 heteroatoms. The maximum atomic E-state index is 12.9. The predicted molar refractivity (Wildman–Crippen MR) is 124 cm³/mol. The molecule has 0 atom stereocenters. The van der Waals surface area contributed by atoms with Crippen molar-refractivity contribution in [3.05, 3.63) is 84.4 Å². The zero-order chi connectivity index (χ0) is 21.7. The normalized spacial score (nSPS) is 15.2. The van der Waals surface area contributed by atoms with Gasteiger partial charge in [0.25, 0.3) is 5.91 Å². The predicted octanol–water partition coefficient (Wildman–Crippen LogP) is 5.17. The molecule has 0 bridgehead atoms. The summed E-state index contributed by atoms with van der Waals surface area (Å²) < 4.78 is 27.3. The monoisotopic (exact) mass is 434 g/mol. The van der Waals surface area contributed by atoms with Crippen LogP contribution in [0, 0.1) is 0 Å². The first-order valence-corrected chi connectivity index (χ1v) is 12.1. The summed E-state index contributed by atoms with van der Waals surface area (Å²) in [5.74, 6) is -0.234. The highest BCUT2D eigenvalue weighted by Gasteiger charge is 2.25. The van der Waals surface area contributed by atoms with E-state index in [-0.39, 0.29) is 10.8 Å². The minimum atomic E-state index is -3.49. The Labute approximate surface area is 183 Å². The van der Waals surface area contributed by atoms with Crippen LogP contribution in [0.1, 0.15) is 36.0 Å². The summed E-state index contributed by atoms with van der Waals surface area (Å²) >= 11 is 0. The van der Waals surface area contributed by atoms with Gasteiger partial charge in [-0.3, -0.25) is 4.79 Å². The van der Waals surface area contributed by atoms with Gasteiger partial charge in [-0.1, -0.05) is 55.3 Å². The summed E-state index contributed by atoms with van der Waals surface area (Å²) in [6.07, 6.45) is 3.94. The molecular weight excluding hydrogens is 408 g/mol. The zero-order valence-corrected chi connectivity index (χ0v) is 18.1. The van der Waals surface area contributed by atoms with Crippen LogP contribution >= 0.6 is 0 Å². The molecule has 5 nitrogen and oxygen atoms in total. The van der Waals surface area contributed by atoms with Crippen LogP contribution in [0.25, 0.3) is 11.1 Å². The molecule has 1 fully saturated rings. The standard InChI is InChI=1S/C25H26N2O3S/c28-25(22-12-10-21(11-13-22)20-8-4-3-5-9-20)26-23-14-16-24(17-15-23)31(29,30)27-18-6-1-2-7-19-27/h3-5,8-17H,1-2,6-7,18-19H2,(H,26,28). The van der Waals surface area contributed by atoms with Crippen LogP contribution in [0.2, 0.25) is 0 Å². The minimum Gasteiger partial charge on any atom is -0.322 e. The molecule has 0 radical (unpaired) electrons. The van der Waals surface area contributed by atoms with E-state index in [2.05, 4.69) is 5.32 Å². The molecule has 1 aliphatic heterocycles. The summed E-state index contributed by atoms with van der Waals surface area (Å²) in [5.41, 5.74) is 3.24. The second-order valence-electron chi connectivity index (χ2n) is 7.74. The zero-order valence-electron chi connectivity index (χ0n) is 17.3. The first-order valence-electron chi connectivity index (χ1n) is 10.6. The van der Waals surface area contributed by atoms with E-state index in [9.17, 15) is 13.2 Å². The van der Waals surface area contributed by atoms with Crippen molar-refractivity contribution in [1.29, 1.82) is 0 Å². The number of carbonyl (C=O) groups excluding carboxylic acids is 1. The van der Waals surface area contributed by atoms with Crippen molar-refractivity contribution in [2.24, 2.45) is 0 Å². The number of anilines is 1. The van der Waals surface area contributed by atoms with Gasteiger partial charge in [-0.05, 0) is 60.4 Å². The van der Waals surface area contributed by atoms with E-state index in [0.29, 0.717) is 24.3 Å². The van der Waals surface area contributed by atoms with Crippen molar-refractivity contribution in [1.82, 2.24) is 4.31 Å². The fourth-order valence-corrected chi connectivity index (χ4v) is 5.31. The highest BCUT2D eigenvalue weighted by atomic mass is 32.2. The van der Waals surface area contributed by atoms with Crippen molar-refractivity contribution in [2.45, 2.75) is 30.6 Å². The second kappa shape index (κ2) is 9.45. The van der Waals surface area contributed by atoms with Crippen LogP contribution in [0.3, 0.4) is 0 Å². The van der Waals surface area contributed by atoms with Crippen LogP contribution < -0.4 is 5.32 Å². The highest BCUT2D eigenvalue weighted by molar-refractivity contribution is 7.89. The van der Waals surface area contributed by atoms with Gasteiger partial charge in [0, 0.05) is 24.3 Å². The third kappa shape index (κ3) is 5.03. The molecule has 160 valence electrons. The SMILES string of the molecule is O=C(Nc1ccc(S(=O)(=O)N2CCCCCC2)cc1)c1ccc(-c2ccccc2)cc1. The molecule has 3 aromatic carbocycles. The molecule has 1 aliphatic rings. The van der Waals surface area contributed by atoms with E-state index in [4.69, 9.17) is 0 Å². The molecule has 0 saturated carbocycles. The number of rotatable bonds is 5. The lowest BCUT2D eigenvalue weighted by Crippen LogP contribution is -2.31. The molecule has 1 amide bonds. The molecule has 0 unspecified atom stereocenters. The number of amides is 1. The third-order valence-electron chi connectivity index (χ3n) is 5.57. The van der Waals surface area contributed by atoms with Gasteiger partial charge in [0.2, 0.25) is 10.0 Å². The van der Waals surface area contributed by atoms with E-state index < -0.39 is 10.0 Å². The van der Waals surface area contributed by atoms with Crippen molar-refractivity contribution >= 4 is 21.6 Å². The Morgan fingerprint density at radius 2 is 1.29 bits per heavy atom. The van der Waals surface area contributed by atoms with Gasteiger partial charge in [0.15, 0.2) is 0 Å². The van der Waals surface area contributed by atoms with E-state index in [0.717, 1.165) is 36.8 Å². The van der Waals surface area contributed by atoms with Crippen molar-refractivity contribution in [3.63, 3.8) is 0 Å². The molecule has 0 aliphatic carbocycles. The fraction of sp³-hybridized carbons (Fsp3) is 0.240. The molecule has 1 heterocycles. The summed E-state index contributed by atoms with van der Waals surface area (Å²) in [6.45, 7) is 1.14. The van der Waals surface area contributed by atoms with E-state index in [1.54, 1.807) is 40.7 Å². The van der Waals surface area contributed by atoms with Crippen molar-refractivity contribution in [3.8, 4) is 11.1 Å². The largest absolute Gasteiger partial charge is 0.322 e. The molecule has 4 rings (SSSR count). The molecule has 1 N–H and O–H groups in total. The lowest BCUT2D eigenvalue weighted by molar-refractivity contribution is 0.102. The van der Waals surface area contributed by atoms with Crippen LogP contribution in [0.5, 0.6) is 0 Å². The number of benzene rings is 3. The average Bonchev–Trinajstić information content (AvgIpc) is 3.10. The van der Waals surface area contributed by atoms with Gasteiger partial charge in [0.05, 0.1) is 4.90 Å². The van der Waals surface area contributed by atoms with Gasteiger partial charge in [-0.2, -0.15) is 4.31 Å². The van der Waals surface area contributed by atoms with Crippen LogP contribution in [-0.4, -0.2) is 31.7 Å². The summed E-state index contributed by atoms with van der Waals surface area (Å²) in [4.78, 5) is 12.9. The van der Waals surface area contributed by atoms with Crippen molar-refractivity contribution < 1.29 is 13.2 Å². The maximum absolute atomic E-state index is 12.9. The second-order valence-corrected chi connectivity index (χ2v) is 9.68. The Morgan fingerprint density at radius 3 is 1.90 bits per heavy atom. The molecule has 0 aromatic heterocycles. The first kappa shape index (κ1) is 21.3. The topological polar surface area (TPSA) is 66.5 Å². The quantitative estimate of drug-likeness (QED) is 0.602. The summed E-state index contributed by atoms with van der Waals surface area (Å²) in [6, 6.07) is 23.8. The maximum Gasteiger partial charge on any atom is 0.255 e. The average molecular weight is 435 g/mol. The van der Waals surface area contributed by atoms with Crippen LogP contribution in [-0.2, 0) is 10.0 Å². The Balaban J connectivity index is 1.43. The Kier molecular flexibility index (Phi) is 6.49. The number of sulfonamides is 1. The van der Waals surface area contributed by atoms with Crippen LogP contribution in [0.15, 0.2) is 83.8 Å².